The lowest BCUT2D eigenvalue weighted by Gasteiger charge is -2.16. The summed E-state index contributed by atoms with van der Waals surface area (Å²) in [7, 11) is 0. The van der Waals surface area contributed by atoms with Gasteiger partial charge in [0.15, 0.2) is 0 Å². The zero-order chi connectivity index (χ0) is 25.5. The molecule has 0 aliphatic carbocycles. The highest BCUT2D eigenvalue weighted by Gasteiger charge is 2.20. The van der Waals surface area contributed by atoms with Gasteiger partial charge in [0, 0.05) is 23.8 Å². The summed E-state index contributed by atoms with van der Waals surface area (Å²) in [6, 6.07) is 30.1. The molecule has 0 fully saturated rings. The fraction of sp³-hybridized carbons (Fsp3) is 0.161. The molecule has 0 bridgehead atoms. The number of carbonyl (C=O) groups excluding carboxylic acids is 1. The molecule has 6 heteroatoms. The molecule has 3 aromatic carbocycles. The fourth-order valence-electron chi connectivity index (χ4n) is 4.45. The van der Waals surface area contributed by atoms with Crippen LogP contribution in [0, 0.1) is 0 Å². The number of nitrogens with one attached hydrogen (secondary N) is 2. The predicted octanol–water partition coefficient (Wildman–Crippen LogP) is 6.64. The molecule has 1 atom stereocenters. The van der Waals surface area contributed by atoms with Crippen molar-refractivity contribution in [3.05, 3.63) is 115 Å². The Balaban J connectivity index is 1.35. The summed E-state index contributed by atoms with van der Waals surface area (Å²) in [5.41, 5.74) is 5.82. The highest BCUT2D eigenvalue weighted by molar-refractivity contribution is 5.93. The van der Waals surface area contributed by atoms with Crippen molar-refractivity contribution in [3.63, 3.8) is 0 Å². The van der Waals surface area contributed by atoms with Crippen molar-refractivity contribution in [2.75, 3.05) is 5.32 Å². The van der Waals surface area contributed by atoms with Gasteiger partial charge in [-0.2, -0.15) is 0 Å². The number of fused-ring (bicyclic) bond motifs is 1. The number of pyridine rings is 1. The van der Waals surface area contributed by atoms with Crippen LogP contribution in [0.15, 0.2) is 104 Å². The van der Waals surface area contributed by atoms with Crippen molar-refractivity contribution in [3.8, 4) is 11.1 Å². The standard InChI is InChI=1S/C31H29N5O/c1-2-9-26(28-14-6-7-17-32-28)31(37)33-20-22-10-8-11-23(18-22)24-15-16-29-27(19-24)30(35-21-34-29)36-25-12-4-3-5-13-25/h3-8,10-19,21,26H,2,9,20H2,1H3,(H,33,37)(H,34,35,36). The van der Waals surface area contributed by atoms with Crippen molar-refractivity contribution < 1.29 is 4.79 Å². The van der Waals surface area contributed by atoms with E-state index < -0.39 is 0 Å². The van der Waals surface area contributed by atoms with Gasteiger partial charge in [0.25, 0.3) is 0 Å². The maximum absolute atomic E-state index is 13.0. The van der Waals surface area contributed by atoms with E-state index in [0.717, 1.165) is 57.6 Å². The molecule has 2 N–H and O–H groups in total. The first-order valence-corrected chi connectivity index (χ1v) is 12.6. The Bertz CT molecular complexity index is 1490. The summed E-state index contributed by atoms with van der Waals surface area (Å²) in [6.07, 6.45) is 5.00. The van der Waals surface area contributed by atoms with Crippen LogP contribution in [0.2, 0.25) is 0 Å². The average Bonchev–Trinajstić information content (AvgIpc) is 2.96. The van der Waals surface area contributed by atoms with Crippen LogP contribution in [0.4, 0.5) is 11.5 Å². The van der Waals surface area contributed by atoms with Crippen LogP contribution in [0.1, 0.15) is 36.9 Å². The minimum Gasteiger partial charge on any atom is -0.351 e. The molecule has 0 spiro atoms. The minimum absolute atomic E-state index is 0.00503. The largest absolute Gasteiger partial charge is 0.351 e. The third-order valence-electron chi connectivity index (χ3n) is 6.34. The smallest absolute Gasteiger partial charge is 0.229 e. The molecule has 184 valence electrons. The fourth-order valence-corrected chi connectivity index (χ4v) is 4.45. The molecule has 1 unspecified atom stereocenters. The van der Waals surface area contributed by atoms with E-state index in [1.165, 1.54) is 0 Å². The van der Waals surface area contributed by atoms with Gasteiger partial charge in [-0.3, -0.25) is 9.78 Å². The van der Waals surface area contributed by atoms with Crippen LogP contribution in [-0.2, 0) is 11.3 Å². The van der Waals surface area contributed by atoms with Crippen molar-refractivity contribution in [1.29, 1.82) is 0 Å². The lowest BCUT2D eigenvalue weighted by molar-refractivity contribution is -0.123. The molecule has 0 radical (unpaired) electrons. The first-order valence-electron chi connectivity index (χ1n) is 12.6. The van der Waals surface area contributed by atoms with Gasteiger partial charge in [-0.05, 0) is 65.6 Å². The van der Waals surface area contributed by atoms with Crippen LogP contribution >= 0.6 is 0 Å². The van der Waals surface area contributed by atoms with Crippen molar-refractivity contribution >= 4 is 28.3 Å². The first kappa shape index (κ1) is 24.1. The monoisotopic (exact) mass is 487 g/mol. The number of carbonyl (C=O) groups is 1. The van der Waals surface area contributed by atoms with Gasteiger partial charge in [-0.1, -0.05) is 61.9 Å². The number of amides is 1. The van der Waals surface area contributed by atoms with Gasteiger partial charge in [-0.25, -0.2) is 9.97 Å². The van der Waals surface area contributed by atoms with Gasteiger partial charge >= 0.3 is 0 Å². The zero-order valence-electron chi connectivity index (χ0n) is 20.8. The number of anilines is 2. The zero-order valence-corrected chi connectivity index (χ0v) is 20.8. The highest BCUT2D eigenvalue weighted by Crippen LogP contribution is 2.29. The number of hydrogen-bond acceptors (Lipinski definition) is 5. The molecular formula is C31H29N5O. The Hall–Kier alpha value is -4.58. The number of hydrogen-bond donors (Lipinski definition) is 2. The van der Waals surface area contributed by atoms with Crippen LogP contribution in [-0.4, -0.2) is 20.9 Å². The second kappa shape index (κ2) is 11.4. The Morgan fingerprint density at radius 3 is 2.49 bits per heavy atom. The number of rotatable bonds is 9. The lowest BCUT2D eigenvalue weighted by atomic mass is 9.97. The first-order chi connectivity index (χ1) is 18.2. The Morgan fingerprint density at radius 2 is 1.68 bits per heavy atom. The van der Waals surface area contributed by atoms with E-state index in [-0.39, 0.29) is 11.8 Å². The number of nitrogens with zero attached hydrogens (tertiary/aromatic N) is 3. The quantitative estimate of drug-likeness (QED) is 0.244. The highest BCUT2D eigenvalue weighted by atomic mass is 16.1. The van der Waals surface area contributed by atoms with E-state index >= 15 is 0 Å². The molecule has 0 saturated heterocycles. The summed E-state index contributed by atoms with van der Waals surface area (Å²) < 4.78 is 0. The maximum atomic E-state index is 13.0. The summed E-state index contributed by atoms with van der Waals surface area (Å²) >= 11 is 0. The molecule has 37 heavy (non-hydrogen) atoms. The molecule has 0 aliphatic heterocycles. The molecule has 0 aliphatic rings. The third-order valence-corrected chi connectivity index (χ3v) is 6.34. The van der Waals surface area contributed by atoms with Gasteiger partial charge in [0.05, 0.1) is 17.1 Å². The second-order valence-electron chi connectivity index (χ2n) is 8.96. The topological polar surface area (TPSA) is 79.8 Å². The third kappa shape index (κ3) is 5.81. The normalized spacial score (nSPS) is 11.7. The molecule has 5 rings (SSSR count). The predicted molar refractivity (Wildman–Crippen MR) is 148 cm³/mol. The second-order valence-corrected chi connectivity index (χ2v) is 8.96. The van der Waals surface area contributed by atoms with Crippen molar-refractivity contribution in [2.24, 2.45) is 0 Å². The maximum Gasteiger partial charge on any atom is 0.229 e. The molecular weight excluding hydrogens is 458 g/mol. The van der Waals surface area contributed by atoms with E-state index in [1.807, 2.05) is 66.7 Å². The van der Waals surface area contributed by atoms with Gasteiger partial charge in [-0.15, -0.1) is 0 Å². The molecule has 2 heterocycles. The molecule has 2 aromatic heterocycles. The molecule has 5 aromatic rings. The Labute approximate surface area is 216 Å². The van der Waals surface area contributed by atoms with Crippen LogP contribution in [0.25, 0.3) is 22.0 Å². The van der Waals surface area contributed by atoms with Crippen molar-refractivity contribution in [1.82, 2.24) is 20.3 Å². The SMILES string of the molecule is CCCC(C(=O)NCc1cccc(-c2ccc3ncnc(Nc4ccccc4)c3c2)c1)c1ccccn1. The summed E-state index contributed by atoms with van der Waals surface area (Å²) in [5.74, 6) is 0.522. The van der Waals surface area contributed by atoms with Crippen molar-refractivity contribution in [2.45, 2.75) is 32.2 Å². The molecule has 6 nitrogen and oxygen atoms in total. The van der Waals surface area contributed by atoms with E-state index in [2.05, 4.69) is 56.8 Å². The lowest BCUT2D eigenvalue weighted by Crippen LogP contribution is -2.29. The number of aromatic nitrogens is 3. The summed E-state index contributed by atoms with van der Waals surface area (Å²) in [5, 5.41) is 7.46. The summed E-state index contributed by atoms with van der Waals surface area (Å²) in [6.45, 7) is 2.54. The van der Waals surface area contributed by atoms with Crippen LogP contribution < -0.4 is 10.6 Å². The average molecular weight is 488 g/mol. The van der Waals surface area contributed by atoms with Gasteiger partial charge in [0.1, 0.15) is 12.1 Å². The summed E-state index contributed by atoms with van der Waals surface area (Å²) in [4.78, 5) is 26.4. The molecule has 0 saturated carbocycles. The van der Waals surface area contributed by atoms with E-state index in [9.17, 15) is 4.79 Å². The van der Waals surface area contributed by atoms with Gasteiger partial charge in [0.2, 0.25) is 5.91 Å². The minimum atomic E-state index is -0.245. The Morgan fingerprint density at radius 1 is 0.838 bits per heavy atom. The van der Waals surface area contributed by atoms with Crippen LogP contribution in [0.5, 0.6) is 0 Å². The van der Waals surface area contributed by atoms with Gasteiger partial charge < -0.3 is 10.6 Å². The van der Waals surface area contributed by atoms with Crippen LogP contribution in [0.3, 0.4) is 0 Å². The molecule has 1 amide bonds. The van der Waals surface area contributed by atoms with E-state index in [1.54, 1.807) is 12.5 Å². The van der Waals surface area contributed by atoms with E-state index in [0.29, 0.717) is 6.54 Å². The Kier molecular flexibility index (Phi) is 7.46. The van der Waals surface area contributed by atoms with E-state index in [4.69, 9.17) is 0 Å². The number of para-hydroxylation sites is 1. The number of benzene rings is 3.